The molecule has 3 fully saturated rings. The summed E-state index contributed by atoms with van der Waals surface area (Å²) in [6.45, 7) is 1.98. The van der Waals surface area contributed by atoms with Crippen LogP contribution in [0.2, 0.25) is 0 Å². The maximum Gasteiger partial charge on any atom is 0.273 e. The molecule has 2 amide bonds. The van der Waals surface area contributed by atoms with E-state index in [-0.39, 0.29) is 24.6 Å². The van der Waals surface area contributed by atoms with Crippen LogP contribution in [0.15, 0.2) is 17.8 Å². The molecule has 10 nitrogen and oxygen atoms in total. The van der Waals surface area contributed by atoms with Crippen molar-refractivity contribution in [3.8, 4) is 0 Å². The Morgan fingerprint density at radius 2 is 1.95 bits per heavy atom. The summed E-state index contributed by atoms with van der Waals surface area (Å²) in [5.74, 6) is -2.87. The SMILES string of the molecule is CCn1c(C(=O)N(C2CC2)C2CC2)cc2c3c(ncn3C)c(Nc3nc(C(=O)N4CCC(F)(F)C4)cs3)nc21. The maximum atomic E-state index is 13.8. The van der Waals surface area contributed by atoms with Crippen molar-refractivity contribution in [2.75, 3.05) is 18.4 Å². The van der Waals surface area contributed by atoms with Gasteiger partial charge in [0.1, 0.15) is 22.6 Å². The van der Waals surface area contributed by atoms with Crippen molar-refractivity contribution in [2.45, 2.75) is 63.6 Å². The number of carbonyl (C=O) groups is 2. The summed E-state index contributed by atoms with van der Waals surface area (Å²) >= 11 is 1.20. The number of thiazole rings is 1. The average molecular weight is 555 g/mol. The van der Waals surface area contributed by atoms with Crippen molar-refractivity contribution < 1.29 is 18.4 Å². The van der Waals surface area contributed by atoms with Gasteiger partial charge >= 0.3 is 0 Å². The third kappa shape index (κ3) is 4.14. The Morgan fingerprint density at radius 1 is 1.21 bits per heavy atom. The molecule has 1 N–H and O–H groups in total. The van der Waals surface area contributed by atoms with Gasteiger partial charge in [-0.05, 0) is 38.7 Å². The fourth-order valence-corrected chi connectivity index (χ4v) is 6.25. The van der Waals surface area contributed by atoms with Crippen LogP contribution in [-0.2, 0) is 13.6 Å². The number of imidazole rings is 1. The van der Waals surface area contributed by atoms with E-state index in [4.69, 9.17) is 4.98 Å². The first-order valence-corrected chi connectivity index (χ1v) is 14.2. The smallest absolute Gasteiger partial charge is 0.273 e. The Labute approximate surface area is 226 Å². The van der Waals surface area contributed by atoms with Crippen LogP contribution >= 0.6 is 11.3 Å². The van der Waals surface area contributed by atoms with E-state index in [1.54, 1.807) is 11.7 Å². The topological polar surface area (TPSA) is 101 Å². The Morgan fingerprint density at radius 3 is 2.59 bits per heavy atom. The molecule has 1 saturated heterocycles. The monoisotopic (exact) mass is 554 g/mol. The molecule has 0 unspecified atom stereocenters. The van der Waals surface area contributed by atoms with Gasteiger partial charge in [0, 0.05) is 49.4 Å². The summed E-state index contributed by atoms with van der Waals surface area (Å²) in [6, 6.07) is 2.61. The van der Waals surface area contributed by atoms with Crippen molar-refractivity contribution in [2.24, 2.45) is 7.05 Å². The molecule has 204 valence electrons. The van der Waals surface area contributed by atoms with Gasteiger partial charge in [0.15, 0.2) is 10.9 Å². The maximum absolute atomic E-state index is 13.8. The van der Waals surface area contributed by atoms with Crippen molar-refractivity contribution in [1.29, 1.82) is 0 Å². The number of anilines is 2. The zero-order valence-electron chi connectivity index (χ0n) is 21.7. The summed E-state index contributed by atoms with van der Waals surface area (Å²) in [7, 11) is 1.90. The number of alkyl halides is 2. The zero-order valence-corrected chi connectivity index (χ0v) is 22.5. The second kappa shape index (κ2) is 8.70. The molecule has 0 spiro atoms. The third-order valence-corrected chi connectivity index (χ3v) is 8.52. The number of hydrogen-bond acceptors (Lipinski definition) is 7. The van der Waals surface area contributed by atoms with E-state index in [0.717, 1.165) is 41.5 Å². The quantitative estimate of drug-likeness (QED) is 0.364. The van der Waals surface area contributed by atoms with Crippen molar-refractivity contribution in [3.63, 3.8) is 0 Å². The normalized spacial score (nSPS) is 18.8. The van der Waals surface area contributed by atoms with Crippen LogP contribution < -0.4 is 5.32 Å². The number of hydrogen-bond donors (Lipinski definition) is 1. The number of carbonyl (C=O) groups excluding carboxylic acids is 2. The first-order chi connectivity index (χ1) is 18.7. The molecule has 7 rings (SSSR count). The number of likely N-dealkylation sites (tertiary alicyclic amines) is 1. The van der Waals surface area contributed by atoms with Gasteiger partial charge in [-0.2, -0.15) is 0 Å². The molecular formula is C26H28F2N8O2S. The first-order valence-electron chi connectivity index (χ1n) is 13.3. The lowest BCUT2D eigenvalue weighted by atomic mass is 10.2. The average Bonchev–Trinajstić information content (AvgIpc) is 3.76. The largest absolute Gasteiger partial charge is 0.333 e. The molecule has 5 heterocycles. The standard InChI is InChI=1S/C26H28F2N8O2S/c1-3-35-18(24(38)36(14-4-5-14)15-6-7-15)10-16-20-19(29-13-33(20)2)21(31-22(16)35)32-25-30-17(11-39-25)23(37)34-9-8-26(27,28)12-34/h10-11,13-15H,3-9,12H2,1-2H3,(H,30,31,32). The number of nitrogens with one attached hydrogen (secondary N) is 1. The fourth-order valence-electron chi connectivity index (χ4n) is 5.57. The minimum absolute atomic E-state index is 0.00683. The molecule has 0 aromatic carbocycles. The lowest BCUT2D eigenvalue weighted by Crippen LogP contribution is -2.36. The Balaban J connectivity index is 1.25. The molecule has 13 heteroatoms. The number of pyridine rings is 1. The van der Waals surface area contributed by atoms with Gasteiger partial charge in [-0.3, -0.25) is 9.59 Å². The molecule has 1 aliphatic heterocycles. The highest BCUT2D eigenvalue weighted by atomic mass is 32.1. The number of fused-ring (bicyclic) bond motifs is 3. The first kappa shape index (κ1) is 24.4. The van der Waals surface area contributed by atoms with Gasteiger partial charge in [0.25, 0.3) is 17.7 Å². The summed E-state index contributed by atoms with van der Waals surface area (Å²) in [6.07, 6.45) is 5.61. The molecule has 3 aliphatic rings. The van der Waals surface area contributed by atoms with Crippen LogP contribution in [0.1, 0.15) is 60.0 Å². The van der Waals surface area contributed by atoms with Gasteiger partial charge in [-0.15, -0.1) is 11.3 Å². The number of aromatic nitrogens is 5. The lowest BCUT2D eigenvalue weighted by Gasteiger charge is -2.22. The number of aryl methyl sites for hydroxylation is 2. The molecule has 2 saturated carbocycles. The van der Waals surface area contributed by atoms with E-state index >= 15 is 0 Å². The highest BCUT2D eigenvalue weighted by Crippen LogP contribution is 2.40. The van der Waals surface area contributed by atoms with E-state index in [1.807, 2.05) is 29.2 Å². The van der Waals surface area contributed by atoms with Crippen molar-refractivity contribution in [3.05, 3.63) is 29.2 Å². The summed E-state index contributed by atoms with van der Waals surface area (Å²) in [4.78, 5) is 43.5. The van der Waals surface area contributed by atoms with Crippen LogP contribution in [0.25, 0.3) is 22.1 Å². The van der Waals surface area contributed by atoms with Crippen LogP contribution in [0, 0.1) is 0 Å². The molecule has 0 atom stereocenters. The van der Waals surface area contributed by atoms with Crippen LogP contribution in [0.3, 0.4) is 0 Å². The predicted octanol–water partition coefficient (Wildman–Crippen LogP) is 4.39. The summed E-state index contributed by atoms with van der Waals surface area (Å²) < 4.78 is 31.1. The van der Waals surface area contributed by atoms with E-state index in [9.17, 15) is 18.4 Å². The van der Waals surface area contributed by atoms with Crippen molar-refractivity contribution in [1.82, 2.24) is 33.9 Å². The van der Waals surface area contributed by atoms with Gasteiger partial charge in [0.2, 0.25) is 0 Å². The Kier molecular flexibility index (Phi) is 5.45. The molecule has 39 heavy (non-hydrogen) atoms. The lowest BCUT2D eigenvalue weighted by molar-refractivity contribution is 0.0119. The van der Waals surface area contributed by atoms with Gasteiger partial charge in [0.05, 0.1) is 18.4 Å². The van der Waals surface area contributed by atoms with Gasteiger partial charge in [-0.25, -0.2) is 23.7 Å². The number of amides is 2. The summed E-state index contributed by atoms with van der Waals surface area (Å²) in [5.41, 5.74) is 2.85. The van der Waals surface area contributed by atoms with Crippen LogP contribution in [0.5, 0.6) is 0 Å². The second-order valence-electron chi connectivity index (χ2n) is 10.7. The molecule has 0 radical (unpaired) electrons. The van der Waals surface area contributed by atoms with Gasteiger partial charge in [-0.1, -0.05) is 0 Å². The fraction of sp³-hybridized carbons (Fsp3) is 0.500. The van der Waals surface area contributed by atoms with E-state index in [0.29, 0.717) is 46.4 Å². The third-order valence-electron chi connectivity index (χ3n) is 7.76. The Hall–Kier alpha value is -3.61. The highest BCUT2D eigenvalue weighted by Gasteiger charge is 2.43. The van der Waals surface area contributed by atoms with Gasteiger partial charge < -0.3 is 24.3 Å². The molecule has 4 aromatic heterocycles. The molecule has 2 aliphatic carbocycles. The molecular weight excluding hydrogens is 526 g/mol. The minimum atomic E-state index is -2.86. The minimum Gasteiger partial charge on any atom is -0.333 e. The number of halogens is 2. The number of rotatable bonds is 7. The zero-order chi connectivity index (χ0) is 27.1. The van der Waals surface area contributed by atoms with E-state index < -0.39 is 18.4 Å². The van der Waals surface area contributed by atoms with Crippen molar-refractivity contribution >= 4 is 56.2 Å². The summed E-state index contributed by atoms with van der Waals surface area (Å²) in [5, 5.41) is 6.01. The predicted molar refractivity (Wildman–Crippen MR) is 143 cm³/mol. The van der Waals surface area contributed by atoms with E-state index in [2.05, 4.69) is 20.2 Å². The number of nitrogens with zero attached hydrogens (tertiary/aromatic N) is 7. The molecule has 4 aromatic rings. The van der Waals surface area contributed by atoms with Crippen LogP contribution in [0.4, 0.5) is 19.7 Å². The van der Waals surface area contributed by atoms with E-state index in [1.165, 1.54) is 11.3 Å². The Bertz CT molecular complexity index is 1620. The highest BCUT2D eigenvalue weighted by molar-refractivity contribution is 7.14. The molecule has 0 bridgehead atoms. The second-order valence-corrected chi connectivity index (χ2v) is 11.6. The van der Waals surface area contributed by atoms with Crippen LogP contribution in [-0.4, -0.2) is 76.8 Å².